The van der Waals surface area contributed by atoms with Gasteiger partial charge in [-0.15, -0.1) is 0 Å². The molecule has 0 radical (unpaired) electrons. The van der Waals surface area contributed by atoms with Gasteiger partial charge in [0.25, 0.3) is 0 Å². The van der Waals surface area contributed by atoms with Gasteiger partial charge in [-0.05, 0) is 40.7 Å². The fraction of sp³-hybridized carbons (Fsp3) is 1.00. The molecule has 1 aliphatic rings. The quantitative estimate of drug-likeness (QED) is 0.781. The lowest BCUT2D eigenvalue weighted by molar-refractivity contribution is 0.0904. The molecule has 0 aromatic rings. The Bertz CT molecular complexity index is 346. The van der Waals surface area contributed by atoms with Crippen molar-refractivity contribution in [1.82, 2.24) is 9.62 Å². The van der Waals surface area contributed by atoms with Crippen molar-refractivity contribution in [3.05, 3.63) is 0 Å². The van der Waals surface area contributed by atoms with E-state index in [0.29, 0.717) is 13.1 Å². The number of nitrogens with zero attached hydrogens (tertiary/aromatic N) is 1. The van der Waals surface area contributed by atoms with E-state index in [-0.39, 0.29) is 24.0 Å². The van der Waals surface area contributed by atoms with Crippen LogP contribution in [-0.2, 0) is 14.8 Å². The minimum Gasteiger partial charge on any atom is -0.378 e. The summed E-state index contributed by atoms with van der Waals surface area (Å²) in [6.45, 7) is 7.43. The Balaban J connectivity index is 2.45. The highest BCUT2D eigenvalue weighted by molar-refractivity contribution is 7.89. The smallest absolute Gasteiger partial charge is 0.216 e. The molecular weight excluding hydrogens is 252 g/mol. The maximum absolute atomic E-state index is 12.1. The molecule has 0 aromatic heterocycles. The third-order valence-corrected chi connectivity index (χ3v) is 5.45. The van der Waals surface area contributed by atoms with Crippen molar-refractivity contribution >= 4 is 10.0 Å². The molecule has 1 fully saturated rings. The molecule has 1 saturated heterocycles. The van der Waals surface area contributed by atoms with Gasteiger partial charge in [-0.3, -0.25) is 0 Å². The van der Waals surface area contributed by atoms with E-state index in [9.17, 15) is 8.42 Å². The molecule has 0 atom stereocenters. The lowest BCUT2D eigenvalue weighted by atomic mass is 9.91. The molecule has 0 amide bonds. The molecule has 6 heteroatoms. The fourth-order valence-corrected chi connectivity index (χ4v) is 3.33. The van der Waals surface area contributed by atoms with Gasteiger partial charge in [-0.25, -0.2) is 12.7 Å². The third-order valence-electron chi connectivity index (χ3n) is 3.62. The van der Waals surface area contributed by atoms with Crippen molar-refractivity contribution in [1.29, 1.82) is 0 Å². The second kappa shape index (κ2) is 6.32. The highest BCUT2D eigenvalue weighted by Gasteiger charge is 2.33. The van der Waals surface area contributed by atoms with Gasteiger partial charge in [0.05, 0.1) is 18.5 Å². The van der Waals surface area contributed by atoms with Crippen LogP contribution in [-0.4, -0.2) is 56.9 Å². The minimum absolute atomic E-state index is 0.0699. The highest BCUT2D eigenvalue weighted by Crippen LogP contribution is 2.23. The Morgan fingerprint density at radius 1 is 1.33 bits per heavy atom. The van der Waals surface area contributed by atoms with Gasteiger partial charge in [0, 0.05) is 18.6 Å². The molecule has 0 spiro atoms. The molecule has 108 valence electrons. The summed E-state index contributed by atoms with van der Waals surface area (Å²) in [5.41, 5.74) is 0.0699. The Kier molecular flexibility index (Phi) is 5.58. The largest absolute Gasteiger partial charge is 0.378 e. The normalized spacial score (nSPS) is 21.4. The van der Waals surface area contributed by atoms with E-state index in [2.05, 4.69) is 12.2 Å². The molecule has 0 unspecified atom stereocenters. The molecule has 0 saturated carbocycles. The molecule has 5 nitrogen and oxygen atoms in total. The zero-order chi connectivity index (χ0) is 13.8. The Hall–Kier alpha value is -0.170. The van der Waals surface area contributed by atoms with E-state index in [4.69, 9.17) is 4.74 Å². The maximum atomic E-state index is 12.1. The molecule has 1 aliphatic heterocycles. The monoisotopic (exact) mass is 278 g/mol. The Morgan fingerprint density at radius 2 is 1.89 bits per heavy atom. The number of hydrogen-bond acceptors (Lipinski definition) is 4. The molecular formula is C12H26N2O3S. The van der Waals surface area contributed by atoms with E-state index < -0.39 is 10.0 Å². The number of rotatable bonds is 6. The number of piperidine rings is 1. The number of ether oxygens (including phenoxy) is 1. The van der Waals surface area contributed by atoms with Crippen LogP contribution in [0.25, 0.3) is 0 Å². The van der Waals surface area contributed by atoms with E-state index in [0.717, 1.165) is 12.8 Å². The second-order valence-corrected chi connectivity index (χ2v) is 7.53. The van der Waals surface area contributed by atoms with E-state index in [1.165, 1.54) is 0 Å². The summed E-state index contributed by atoms with van der Waals surface area (Å²) in [5.74, 6) is 0.0848. The lowest BCUT2D eigenvalue weighted by Gasteiger charge is -2.38. The molecule has 18 heavy (non-hydrogen) atoms. The van der Waals surface area contributed by atoms with Crippen molar-refractivity contribution in [3.63, 3.8) is 0 Å². The van der Waals surface area contributed by atoms with Crippen LogP contribution in [0.15, 0.2) is 0 Å². The van der Waals surface area contributed by atoms with Gasteiger partial charge in [-0.1, -0.05) is 0 Å². The van der Waals surface area contributed by atoms with E-state index in [1.54, 1.807) is 4.31 Å². The predicted molar refractivity (Wildman–Crippen MR) is 73.1 cm³/mol. The summed E-state index contributed by atoms with van der Waals surface area (Å²) in [6, 6.07) is 0. The summed E-state index contributed by atoms with van der Waals surface area (Å²) in [5, 5.41) is 3.26. The van der Waals surface area contributed by atoms with E-state index >= 15 is 0 Å². The molecule has 0 aliphatic carbocycles. The first-order valence-electron chi connectivity index (χ1n) is 6.57. The average Bonchev–Trinajstić information content (AvgIpc) is 2.29. The van der Waals surface area contributed by atoms with Crippen LogP contribution in [0.1, 0.15) is 33.6 Å². The molecule has 1 rings (SSSR count). The molecule has 0 aromatic carbocycles. The summed E-state index contributed by atoms with van der Waals surface area (Å²) >= 11 is 0. The van der Waals surface area contributed by atoms with Crippen LogP contribution in [0.4, 0.5) is 0 Å². The maximum Gasteiger partial charge on any atom is 0.216 e. The standard InChI is InChI=1S/C12H26N2O3S/c1-11(2)17-9-10-18(15,16)14-7-5-12(3,13-4)6-8-14/h11,13H,5-10H2,1-4H3. The first-order valence-corrected chi connectivity index (χ1v) is 8.18. The van der Waals surface area contributed by atoms with Gasteiger partial charge in [-0.2, -0.15) is 0 Å². The molecule has 1 heterocycles. The Morgan fingerprint density at radius 3 is 2.33 bits per heavy atom. The van der Waals surface area contributed by atoms with Crippen LogP contribution in [0.2, 0.25) is 0 Å². The first-order chi connectivity index (χ1) is 8.29. The summed E-state index contributed by atoms with van der Waals surface area (Å²) in [6.07, 6.45) is 1.79. The zero-order valence-electron chi connectivity index (χ0n) is 11.9. The average molecular weight is 278 g/mol. The lowest BCUT2D eigenvalue weighted by Crippen LogP contribution is -2.51. The van der Waals surface area contributed by atoms with Gasteiger partial charge in [0.1, 0.15) is 0 Å². The summed E-state index contributed by atoms with van der Waals surface area (Å²) in [4.78, 5) is 0. The molecule has 0 bridgehead atoms. The van der Waals surface area contributed by atoms with Crippen LogP contribution >= 0.6 is 0 Å². The first kappa shape index (κ1) is 15.9. The topological polar surface area (TPSA) is 58.6 Å². The van der Waals surface area contributed by atoms with Crippen molar-refractivity contribution in [2.45, 2.75) is 45.3 Å². The third kappa shape index (κ3) is 4.50. The SMILES string of the molecule is CNC1(C)CCN(S(=O)(=O)CCOC(C)C)CC1. The number of nitrogens with one attached hydrogen (secondary N) is 1. The number of sulfonamides is 1. The van der Waals surface area contributed by atoms with Crippen molar-refractivity contribution in [2.75, 3.05) is 32.5 Å². The minimum atomic E-state index is -3.16. The second-order valence-electron chi connectivity index (χ2n) is 5.45. The van der Waals surface area contributed by atoms with Crippen LogP contribution in [0, 0.1) is 0 Å². The van der Waals surface area contributed by atoms with Crippen LogP contribution in [0.5, 0.6) is 0 Å². The predicted octanol–water partition coefficient (Wildman–Crippen LogP) is 0.815. The molecule has 1 N–H and O–H groups in total. The van der Waals surface area contributed by atoms with Crippen molar-refractivity contribution < 1.29 is 13.2 Å². The van der Waals surface area contributed by atoms with Crippen molar-refractivity contribution in [2.24, 2.45) is 0 Å². The van der Waals surface area contributed by atoms with Gasteiger partial charge < -0.3 is 10.1 Å². The summed E-state index contributed by atoms with van der Waals surface area (Å²) in [7, 11) is -1.23. The van der Waals surface area contributed by atoms with Gasteiger partial charge >= 0.3 is 0 Å². The van der Waals surface area contributed by atoms with Crippen LogP contribution < -0.4 is 5.32 Å². The Labute approximate surface area is 111 Å². The van der Waals surface area contributed by atoms with Crippen molar-refractivity contribution in [3.8, 4) is 0 Å². The van der Waals surface area contributed by atoms with Gasteiger partial charge in [0.15, 0.2) is 0 Å². The number of hydrogen-bond donors (Lipinski definition) is 1. The summed E-state index contributed by atoms with van der Waals surface area (Å²) < 4.78 is 31.1. The highest BCUT2D eigenvalue weighted by atomic mass is 32.2. The van der Waals surface area contributed by atoms with Crippen LogP contribution in [0.3, 0.4) is 0 Å². The van der Waals surface area contributed by atoms with Gasteiger partial charge in [0.2, 0.25) is 10.0 Å². The van der Waals surface area contributed by atoms with E-state index in [1.807, 2.05) is 20.9 Å². The zero-order valence-corrected chi connectivity index (χ0v) is 12.7. The fourth-order valence-electron chi connectivity index (χ4n) is 2.03.